The normalized spacial score (nSPS) is 10.4. The lowest BCUT2D eigenvalue weighted by Crippen LogP contribution is -2.23. The Balaban J connectivity index is 3.23. The summed E-state index contributed by atoms with van der Waals surface area (Å²) >= 11 is 0. The fraction of sp³-hybridized carbons (Fsp3) is 0. The average Bonchev–Trinajstić information content (AvgIpc) is 2.53. The highest BCUT2D eigenvalue weighted by atomic mass is 19.1. The fourth-order valence-corrected chi connectivity index (χ4v) is 2.48. The Morgan fingerprint density at radius 1 is 0.654 bits per heavy atom. The Hall–Kier alpha value is -3.82. The molecule has 4 N–H and O–H groups in total. The second-order valence-electron chi connectivity index (χ2n) is 4.89. The molecule has 0 bridgehead atoms. The molecular weight excluding hydrogens is 358 g/mol. The molecule has 2 aromatic rings. The predicted octanol–water partition coefficient (Wildman–Crippen LogP) is 2.42. The largest absolute Gasteiger partial charge is 0.478 e. The molecule has 0 aliphatic heterocycles. The minimum Gasteiger partial charge on any atom is -0.478 e. The van der Waals surface area contributed by atoms with Gasteiger partial charge in [-0.15, -0.1) is 0 Å². The highest BCUT2D eigenvalue weighted by molar-refractivity contribution is 6.16. The van der Waals surface area contributed by atoms with Gasteiger partial charge in [0.05, 0.1) is 16.7 Å². The number of carbonyl (C=O) groups is 4. The molecule has 0 fully saturated rings. The van der Waals surface area contributed by atoms with Crippen LogP contribution >= 0.6 is 0 Å². The van der Waals surface area contributed by atoms with E-state index < -0.39 is 68.9 Å². The quantitative estimate of drug-likeness (QED) is 0.630. The van der Waals surface area contributed by atoms with Gasteiger partial charge in [0.25, 0.3) is 0 Å². The highest BCUT2D eigenvalue weighted by Crippen LogP contribution is 2.36. The monoisotopic (exact) mass is 366 g/mol. The first-order valence-corrected chi connectivity index (χ1v) is 6.67. The number of carboxylic acid groups (broad SMARTS) is 4. The molecule has 2 aromatic carbocycles. The van der Waals surface area contributed by atoms with E-state index in [1.165, 1.54) is 12.1 Å². The molecular formula is C16H8F2O8. The van der Waals surface area contributed by atoms with Gasteiger partial charge in [-0.25, -0.2) is 28.0 Å². The summed E-state index contributed by atoms with van der Waals surface area (Å²) in [6.07, 6.45) is 0. The maximum absolute atomic E-state index is 14.8. The minimum atomic E-state index is -2.17. The van der Waals surface area contributed by atoms with E-state index in [2.05, 4.69) is 0 Å². The molecule has 2 rings (SSSR count). The van der Waals surface area contributed by atoms with Gasteiger partial charge in [0.15, 0.2) is 0 Å². The molecule has 26 heavy (non-hydrogen) atoms. The van der Waals surface area contributed by atoms with Crippen LogP contribution in [0.1, 0.15) is 41.4 Å². The number of hydrogen-bond acceptors (Lipinski definition) is 4. The summed E-state index contributed by atoms with van der Waals surface area (Å²) in [6.45, 7) is 0. The molecule has 0 heterocycles. The minimum absolute atomic E-state index is 0.732. The number of benzene rings is 2. The number of rotatable bonds is 5. The SMILES string of the molecule is O=C(O)c1c(F)c(-c2ccccc2F)c(C(=O)O)c(C(=O)O)c1C(=O)O. The van der Waals surface area contributed by atoms with Gasteiger partial charge in [0.2, 0.25) is 0 Å². The summed E-state index contributed by atoms with van der Waals surface area (Å²) in [4.78, 5) is 45.7. The maximum Gasteiger partial charge on any atom is 0.339 e. The Morgan fingerprint density at radius 2 is 1.08 bits per heavy atom. The average molecular weight is 366 g/mol. The van der Waals surface area contributed by atoms with Crippen molar-refractivity contribution >= 4 is 23.9 Å². The Bertz CT molecular complexity index is 981. The molecule has 8 nitrogen and oxygen atoms in total. The van der Waals surface area contributed by atoms with Crippen LogP contribution in [0.15, 0.2) is 24.3 Å². The molecule has 0 aliphatic rings. The Labute approximate surface area is 142 Å². The molecule has 0 unspecified atom stereocenters. The van der Waals surface area contributed by atoms with Gasteiger partial charge in [-0.1, -0.05) is 18.2 Å². The van der Waals surface area contributed by atoms with Gasteiger partial charge in [-0.3, -0.25) is 0 Å². The first-order valence-electron chi connectivity index (χ1n) is 6.67. The van der Waals surface area contributed by atoms with Crippen molar-refractivity contribution in [2.45, 2.75) is 0 Å². The van der Waals surface area contributed by atoms with Crippen LogP contribution in [0.3, 0.4) is 0 Å². The summed E-state index contributed by atoms with van der Waals surface area (Å²) in [5.41, 5.74) is -7.89. The first kappa shape index (κ1) is 18.5. The molecule has 0 aromatic heterocycles. The van der Waals surface area contributed by atoms with E-state index in [9.17, 15) is 38.2 Å². The molecule has 10 heteroatoms. The molecule has 0 spiro atoms. The predicted molar refractivity (Wildman–Crippen MR) is 79.6 cm³/mol. The van der Waals surface area contributed by atoms with Gasteiger partial charge in [0, 0.05) is 11.1 Å². The van der Waals surface area contributed by atoms with Gasteiger partial charge < -0.3 is 20.4 Å². The van der Waals surface area contributed by atoms with Crippen LogP contribution in [-0.4, -0.2) is 44.3 Å². The van der Waals surface area contributed by atoms with Crippen molar-refractivity contribution in [1.82, 2.24) is 0 Å². The van der Waals surface area contributed by atoms with E-state index in [1.807, 2.05) is 0 Å². The molecule has 0 saturated carbocycles. The second-order valence-corrected chi connectivity index (χ2v) is 4.89. The smallest absolute Gasteiger partial charge is 0.339 e. The summed E-state index contributed by atoms with van der Waals surface area (Å²) in [5.74, 6) is -11.6. The van der Waals surface area contributed by atoms with Crippen LogP contribution in [-0.2, 0) is 0 Å². The lowest BCUT2D eigenvalue weighted by molar-refractivity contribution is 0.0616. The van der Waals surface area contributed by atoms with Crippen LogP contribution in [0, 0.1) is 11.6 Å². The maximum atomic E-state index is 14.8. The first-order chi connectivity index (χ1) is 12.1. The zero-order chi connectivity index (χ0) is 19.8. The van der Waals surface area contributed by atoms with E-state index >= 15 is 0 Å². The fourth-order valence-electron chi connectivity index (χ4n) is 2.48. The molecule has 0 saturated heterocycles. The van der Waals surface area contributed by atoms with E-state index in [4.69, 9.17) is 10.2 Å². The van der Waals surface area contributed by atoms with Crippen LogP contribution < -0.4 is 0 Å². The molecule has 0 atom stereocenters. The Kier molecular flexibility index (Phi) is 4.69. The van der Waals surface area contributed by atoms with Crippen molar-refractivity contribution in [2.75, 3.05) is 0 Å². The number of aromatic carboxylic acids is 4. The third-order valence-corrected chi connectivity index (χ3v) is 3.44. The van der Waals surface area contributed by atoms with Crippen molar-refractivity contribution in [3.05, 3.63) is 58.2 Å². The lowest BCUT2D eigenvalue weighted by atomic mass is 9.87. The van der Waals surface area contributed by atoms with Crippen molar-refractivity contribution in [1.29, 1.82) is 0 Å². The molecule has 0 radical (unpaired) electrons. The summed E-state index contributed by atoms with van der Waals surface area (Å²) < 4.78 is 28.9. The highest BCUT2D eigenvalue weighted by Gasteiger charge is 2.37. The topological polar surface area (TPSA) is 149 Å². The zero-order valence-corrected chi connectivity index (χ0v) is 12.5. The van der Waals surface area contributed by atoms with Crippen molar-refractivity contribution < 1.29 is 48.4 Å². The lowest BCUT2D eigenvalue weighted by Gasteiger charge is -2.16. The van der Waals surface area contributed by atoms with E-state index in [-0.39, 0.29) is 0 Å². The van der Waals surface area contributed by atoms with Crippen LogP contribution in [0.25, 0.3) is 11.1 Å². The van der Waals surface area contributed by atoms with Crippen LogP contribution in [0.2, 0.25) is 0 Å². The van der Waals surface area contributed by atoms with E-state index in [1.54, 1.807) is 0 Å². The molecule has 0 aliphatic carbocycles. The third kappa shape index (κ3) is 2.83. The van der Waals surface area contributed by atoms with Gasteiger partial charge >= 0.3 is 23.9 Å². The van der Waals surface area contributed by atoms with Crippen molar-refractivity contribution in [3.8, 4) is 11.1 Å². The van der Waals surface area contributed by atoms with Crippen molar-refractivity contribution in [2.24, 2.45) is 0 Å². The summed E-state index contributed by atoms with van der Waals surface area (Å²) in [6, 6.07) is 4.07. The molecule has 0 amide bonds. The van der Waals surface area contributed by atoms with Gasteiger partial charge in [-0.2, -0.15) is 0 Å². The number of carboxylic acids is 4. The van der Waals surface area contributed by atoms with Crippen LogP contribution in [0.4, 0.5) is 8.78 Å². The van der Waals surface area contributed by atoms with Gasteiger partial charge in [0.1, 0.15) is 17.2 Å². The standard InChI is InChI=1S/C16H8F2O8/c17-6-4-2-1-3-5(6)7-8(13(19)20)9(14(21)22)10(15(23)24)11(12(7)18)16(25)26/h1-4H,(H,19,20)(H,21,22)(H,23,24)(H,25,26). The zero-order valence-electron chi connectivity index (χ0n) is 12.5. The van der Waals surface area contributed by atoms with Gasteiger partial charge in [-0.05, 0) is 6.07 Å². The third-order valence-electron chi connectivity index (χ3n) is 3.44. The summed E-state index contributed by atoms with van der Waals surface area (Å²) in [7, 11) is 0. The second kappa shape index (κ2) is 6.59. The van der Waals surface area contributed by atoms with Crippen molar-refractivity contribution in [3.63, 3.8) is 0 Å². The van der Waals surface area contributed by atoms with E-state index in [0.717, 1.165) is 12.1 Å². The summed E-state index contributed by atoms with van der Waals surface area (Å²) in [5, 5.41) is 36.8. The van der Waals surface area contributed by atoms with Crippen LogP contribution in [0.5, 0.6) is 0 Å². The Morgan fingerprint density at radius 3 is 1.50 bits per heavy atom. The number of hydrogen-bond donors (Lipinski definition) is 4. The molecule has 134 valence electrons. The number of halogens is 2. The van der Waals surface area contributed by atoms with E-state index in [0.29, 0.717) is 0 Å².